The van der Waals surface area contributed by atoms with Crippen molar-refractivity contribution in [1.29, 1.82) is 0 Å². The second-order valence-electron chi connectivity index (χ2n) is 6.06. The average molecular weight is 235 g/mol. The van der Waals surface area contributed by atoms with Gasteiger partial charge in [-0.1, -0.05) is 27.7 Å². The van der Waals surface area contributed by atoms with Gasteiger partial charge in [0.05, 0.1) is 6.04 Å². The van der Waals surface area contributed by atoms with Gasteiger partial charge < -0.3 is 10.3 Å². The number of hydrogen-bond acceptors (Lipinski definition) is 2. The summed E-state index contributed by atoms with van der Waals surface area (Å²) < 4.78 is 2.33. The smallest absolute Gasteiger partial charge is 0.111 e. The van der Waals surface area contributed by atoms with E-state index in [0.717, 1.165) is 12.3 Å². The van der Waals surface area contributed by atoms with E-state index in [9.17, 15) is 0 Å². The zero-order valence-electron chi connectivity index (χ0n) is 11.4. The molecule has 96 valence electrons. The maximum absolute atomic E-state index is 6.37. The summed E-state index contributed by atoms with van der Waals surface area (Å²) in [6, 6.07) is 0.687. The van der Waals surface area contributed by atoms with Gasteiger partial charge in [0, 0.05) is 24.4 Å². The maximum Gasteiger partial charge on any atom is 0.111 e. The highest BCUT2D eigenvalue weighted by Gasteiger charge is 2.34. The van der Waals surface area contributed by atoms with Crippen molar-refractivity contribution in [3.8, 4) is 0 Å². The number of nitrogens with two attached hydrogens (primary N) is 1. The first-order valence-electron chi connectivity index (χ1n) is 6.79. The number of rotatable bonds is 2. The molecule has 2 rings (SSSR count). The molecule has 1 aliphatic rings. The van der Waals surface area contributed by atoms with Crippen LogP contribution in [0.3, 0.4) is 0 Å². The van der Waals surface area contributed by atoms with Gasteiger partial charge in [-0.05, 0) is 24.7 Å². The summed E-state index contributed by atoms with van der Waals surface area (Å²) in [5.74, 6) is 3.03. The first-order chi connectivity index (χ1) is 8.00. The molecular weight excluding hydrogens is 210 g/mol. The molecule has 0 radical (unpaired) electrons. The Kier molecular flexibility index (Phi) is 3.57. The van der Waals surface area contributed by atoms with E-state index in [2.05, 4.69) is 43.4 Å². The van der Waals surface area contributed by atoms with Gasteiger partial charge in [0.25, 0.3) is 0 Å². The molecule has 1 aliphatic carbocycles. The van der Waals surface area contributed by atoms with Crippen molar-refractivity contribution in [1.82, 2.24) is 9.55 Å². The fourth-order valence-corrected chi connectivity index (χ4v) is 3.40. The second kappa shape index (κ2) is 4.81. The van der Waals surface area contributed by atoms with Crippen molar-refractivity contribution in [2.75, 3.05) is 0 Å². The SMILES string of the molecule is CC1CC(C)C(n2ccnc2C(C)C)C(N)C1. The first-order valence-corrected chi connectivity index (χ1v) is 6.79. The van der Waals surface area contributed by atoms with E-state index < -0.39 is 0 Å². The van der Waals surface area contributed by atoms with E-state index in [-0.39, 0.29) is 6.04 Å². The van der Waals surface area contributed by atoms with Gasteiger partial charge in [-0.15, -0.1) is 0 Å². The number of nitrogens with zero attached hydrogens (tertiary/aromatic N) is 2. The molecule has 0 amide bonds. The van der Waals surface area contributed by atoms with Crippen LogP contribution in [0.4, 0.5) is 0 Å². The van der Waals surface area contributed by atoms with Crippen LogP contribution in [0, 0.1) is 11.8 Å². The molecule has 4 atom stereocenters. The standard InChI is InChI=1S/C14H25N3/c1-9(2)14-16-5-6-17(14)13-11(4)7-10(3)8-12(13)15/h5-6,9-13H,7-8,15H2,1-4H3. The van der Waals surface area contributed by atoms with Gasteiger partial charge in [0.2, 0.25) is 0 Å². The fraction of sp³-hybridized carbons (Fsp3) is 0.786. The molecule has 2 N–H and O–H groups in total. The highest BCUT2D eigenvalue weighted by molar-refractivity contribution is 5.04. The van der Waals surface area contributed by atoms with Crippen LogP contribution >= 0.6 is 0 Å². The molecule has 1 fully saturated rings. The molecule has 0 spiro atoms. The molecule has 1 saturated carbocycles. The molecule has 3 heteroatoms. The molecular formula is C14H25N3. The highest BCUT2D eigenvalue weighted by atomic mass is 15.1. The number of imidazole rings is 1. The number of hydrogen-bond donors (Lipinski definition) is 1. The summed E-state index contributed by atoms with van der Waals surface area (Å²) in [4.78, 5) is 4.49. The summed E-state index contributed by atoms with van der Waals surface area (Å²) >= 11 is 0. The maximum atomic E-state index is 6.37. The Morgan fingerprint density at radius 1 is 1.35 bits per heavy atom. The zero-order valence-corrected chi connectivity index (χ0v) is 11.4. The van der Waals surface area contributed by atoms with Gasteiger partial charge in [-0.2, -0.15) is 0 Å². The zero-order chi connectivity index (χ0) is 12.6. The Labute approximate surface area is 104 Å². The van der Waals surface area contributed by atoms with Crippen molar-refractivity contribution in [2.45, 2.75) is 58.5 Å². The Bertz CT molecular complexity index is 357. The minimum atomic E-state index is 0.264. The molecule has 1 aromatic heterocycles. The predicted octanol–water partition coefficient (Wildman–Crippen LogP) is 2.94. The third kappa shape index (κ3) is 2.39. The fourth-order valence-electron chi connectivity index (χ4n) is 3.40. The van der Waals surface area contributed by atoms with Crippen LogP contribution < -0.4 is 5.73 Å². The van der Waals surface area contributed by atoms with Crippen molar-refractivity contribution < 1.29 is 0 Å². The molecule has 0 bridgehead atoms. The highest BCUT2D eigenvalue weighted by Crippen LogP contribution is 2.37. The molecule has 1 aromatic rings. The third-order valence-corrected chi connectivity index (χ3v) is 4.01. The van der Waals surface area contributed by atoms with Crippen LogP contribution in [-0.4, -0.2) is 15.6 Å². The van der Waals surface area contributed by atoms with E-state index in [4.69, 9.17) is 5.73 Å². The lowest BCUT2D eigenvalue weighted by Crippen LogP contribution is -2.42. The van der Waals surface area contributed by atoms with Crippen LogP contribution in [0.5, 0.6) is 0 Å². The van der Waals surface area contributed by atoms with E-state index >= 15 is 0 Å². The van der Waals surface area contributed by atoms with Crippen molar-refractivity contribution in [2.24, 2.45) is 17.6 Å². The van der Waals surface area contributed by atoms with Gasteiger partial charge in [-0.3, -0.25) is 0 Å². The minimum Gasteiger partial charge on any atom is -0.330 e. The molecule has 0 aliphatic heterocycles. The molecule has 3 nitrogen and oxygen atoms in total. The molecule has 4 unspecified atom stereocenters. The summed E-state index contributed by atoms with van der Waals surface area (Å²) in [7, 11) is 0. The van der Waals surface area contributed by atoms with Crippen molar-refractivity contribution in [3.63, 3.8) is 0 Å². The Morgan fingerprint density at radius 3 is 2.65 bits per heavy atom. The lowest BCUT2D eigenvalue weighted by molar-refractivity contribution is 0.174. The molecule has 1 heterocycles. The summed E-state index contributed by atoms with van der Waals surface area (Å²) in [6.45, 7) is 9.02. The minimum absolute atomic E-state index is 0.264. The number of aromatic nitrogens is 2. The van der Waals surface area contributed by atoms with Crippen LogP contribution in [0.2, 0.25) is 0 Å². The van der Waals surface area contributed by atoms with Crippen LogP contribution in [-0.2, 0) is 0 Å². The Morgan fingerprint density at radius 2 is 2.06 bits per heavy atom. The Balaban J connectivity index is 2.28. The average Bonchev–Trinajstić information content (AvgIpc) is 2.64. The van der Waals surface area contributed by atoms with E-state index in [1.165, 1.54) is 12.2 Å². The second-order valence-corrected chi connectivity index (χ2v) is 6.06. The summed E-state index contributed by atoms with van der Waals surface area (Å²) in [6.07, 6.45) is 6.41. The monoisotopic (exact) mass is 235 g/mol. The molecule has 0 aromatic carbocycles. The van der Waals surface area contributed by atoms with Gasteiger partial charge >= 0.3 is 0 Å². The quantitative estimate of drug-likeness (QED) is 0.856. The van der Waals surface area contributed by atoms with Crippen LogP contribution in [0.25, 0.3) is 0 Å². The van der Waals surface area contributed by atoms with E-state index in [1.54, 1.807) is 0 Å². The van der Waals surface area contributed by atoms with E-state index in [0.29, 0.717) is 17.9 Å². The van der Waals surface area contributed by atoms with Gasteiger partial charge in [0.1, 0.15) is 5.82 Å². The van der Waals surface area contributed by atoms with E-state index in [1.807, 2.05) is 6.20 Å². The predicted molar refractivity (Wildman–Crippen MR) is 70.9 cm³/mol. The summed E-state index contributed by atoms with van der Waals surface area (Å²) in [5, 5.41) is 0. The van der Waals surface area contributed by atoms with Crippen molar-refractivity contribution >= 4 is 0 Å². The summed E-state index contributed by atoms with van der Waals surface area (Å²) in [5.41, 5.74) is 6.37. The topological polar surface area (TPSA) is 43.8 Å². The van der Waals surface area contributed by atoms with Gasteiger partial charge in [-0.25, -0.2) is 4.98 Å². The third-order valence-electron chi connectivity index (χ3n) is 4.01. The first kappa shape index (κ1) is 12.6. The molecule has 0 saturated heterocycles. The van der Waals surface area contributed by atoms with Gasteiger partial charge in [0.15, 0.2) is 0 Å². The lowest BCUT2D eigenvalue weighted by Gasteiger charge is -2.39. The van der Waals surface area contributed by atoms with Crippen LogP contribution in [0.15, 0.2) is 12.4 Å². The van der Waals surface area contributed by atoms with Crippen LogP contribution in [0.1, 0.15) is 58.3 Å². The lowest BCUT2D eigenvalue weighted by atomic mass is 9.76. The molecule has 17 heavy (non-hydrogen) atoms. The largest absolute Gasteiger partial charge is 0.330 e. The normalized spacial score (nSPS) is 34.2. The van der Waals surface area contributed by atoms with Crippen molar-refractivity contribution in [3.05, 3.63) is 18.2 Å². The Hall–Kier alpha value is -0.830.